The highest BCUT2D eigenvalue weighted by Gasteiger charge is 2.25. The number of carbonyl (C=O) groups is 2. The van der Waals surface area contributed by atoms with Crippen LogP contribution < -0.4 is 16.4 Å². The minimum Gasteiger partial charge on any atom is -0.370 e. The third-order valence-electron chi connectivity index (χ3n) is 3.45. The Balaban J connectivity index is 2.20. The van der Waals surface area contributed by atoms with E-state index in [0.29, 0.717) is 5.56 Å². The average Bonchev–Trinajstić information content (AvgIpc) is 2.35. The van der Waals surface area contributed by atoms with Crippen molar-refractivity contribution in [3.63, 3.8) is 0 Å². The molecule has 1 heterocycles. The Morgan fingerprint density at radius 3 is 2.85 bits per heavy atom. The van der Waals surface area contributed by atoms with Gasteiger partial charge in [0.2, 0.25) is 5.91 Å². The van der Waals surface area contributed by atoms with Gasteiger partial charge in [0.25, 0.3) is 5.91 Å². The molecule has 0 spiro atoms. The number of hydrogen-bond acceptors (Lipinski definition) is 3. The van der Waals surface area contributed by atoms with E-state index in [0.717, 1.165) is 30.6 Å². The van der Waals surface area contributed by atoms with Gasteiger partial charge in [0.1, 0.15) is 0 Å². The summed E-state index contributed by atoms with van der Waals surface area (Å²) in [5.74, 6) is -0.565. The van der Waals surface area contributed by atoms with Crippen LogP contribution >= 0.6 is 0 Å². The number of amides is 2. The first-order chi connectivity index (χ1) is 9.39. The van der Waals surface area contributed by atoms with Gasteiger partial charge in [-0.05, 0) is 44.0 Å². The molecule has 4 N–H and O–H groups in total. The highest BCUT2D eigenvalue weighted by Crippen LogP contribution is 2.20. The largest absolute Gasteiger partial charge is 0.370 e. The molecule has 5 nitrogen and oxygen atoms in total. The van der Waals surface area contributed by atoms with Gasteiger partial charge in [-0.15, -0.1) is 0 Å². The fourth-order valence-corrected chi connectivity index (χ4v) is 2.60. The fraction of sp³-hybridized carbons (Fsp3) is 0.467. The van der Waals surface area contributed by atoms with Gasteiger partial charge in [-0.2, -0.15) is 0 Å². The van der Waals surface area contributed by atoms with Crippen molar-refractivity contribution in [2.24, 2.45) is 5.73 Å². The van der Waals surface area contributed by atoms with Crippen molar-refractivity contribution in [3.05, 3.63) is 34.9 Å². The van der Waals surface area contributed by atoms with Crippen molar-refractivity contribution in [3.8, 4) is 0 Å². The number of benzene rings is 1. The second-order valence-electron chi connectivity index (χ2n) is 5.85. The van der Waals surface area contributed by atoms with E-state index in [-0.39, 0.29) is 12.3 Å². The maximum atomic E-state index is 12.4. The van der Waals surface area contributed by atoms with Crippen LogP contribution in [0.5, 0.6) is 0 Å². The predicted molar refractivity (Wildman–Crippen MR) is 77.2 cm³/mol. The minimum absolute atomic E-state index is 0.120. The van der Waals surface area contributed by atoms with Crippen molar-refractivity contribution in [2.45, 2.75) is 38.8 Å². The lowest BCUT2D eigenvalue weighted by molar-refractivity contribution is -0.119. The van der Waals surface area contributed by atoms with E-state index in [2.05, 4.69) is 10.6 Å². The minimum atomic E-state index is -0.640. The molecule has 0 aliphatic carbocycles. The molecule has 2 amide bonds. The summed E-state index contributed by atoms with van der Waals surface area (Å²) in [6.45, 7) is 5.27. The zero-order chi connectivity index (χ0) is 14.8. The first-order valence-electron chi connectivity index (χ1n) is 6.81. The Kier molecular flexibility index (Phi) is 4.09. The van der Waals surface area contributed by atoms with Gasteiger partial charge >= 0.3 is 0 Å². The molecular weight excluding hydrogens is 254 g/mol. The Labute approximate surface area is 118 Å². The molecule has 0 fully saturated rings. The monoisotopic (exact) mass is 275 g/mol. The summed E-state index contributed by atoms with van der Waals surface area (Å²) in [5, 5.41) is 6.18. The number of nitrogens with two attached hydrogens (primary N) is 1. The highest BCUT2D eigenvalue weighted by atomic mass is 16.2. The number of rotatable bonds is 4. The van der Waals surface area contributed by atoms with E-state index in [4.69, 9.17) is 5.73 Å². The van der Waals surface area contributed by atoms with Crippen molar-refractivity contribution in [1.82, 2.24) is 10.6 Å². The Bertz CT molecular complexity index is 538. The van der Waals surface area contributed by atoms with E-state index in [1.54, 1.807) is 13.8 Å². The van der Waals surface area contributed by atoms with Gasteiger partial charge in [0.05, 0.1) is 0 Å². The van der Waals surface area contributed by atoms with Crippen molar-refractivity contribution >= 4 is 11.8 Å². The third kappa shape index (κ3) is 3.36. The predicted octanol–water partition coefficient (Wildman–Crippen LogP) is 0.716. The molecule has 0 unspecified atom stereocenters. The molecule has 108 valence electrons. The van der Waals surface area contributed by atoms with Crippen LogP contribution in [-0.4, -0.2) is 23.9 Å². The summed E-state index contributed by atoms with van der Waals surface area (Å²) in [6, 6.07) is 5.76. The zero-order valence-corrected chi connectivity index (χ0v) is 12.0. The summed E-state index contributed by atoms with van der Waals surface area (Å²) >= 11 is 0. The first kappa shape index (κ1) is 14.5. The van der Waals surface area contributed by atoms with Crippen LogP contribution in [-0.2, 0) is 17.8 Å². The van der Waals surface area contributed by atoms with Gasteiger partial charge in [0, 0.05) is 24.1 Å². The van der Waals surface area contributed by atoms with Gasteiger partial charge in [-0.3, -0.25) is 9.59 Å². The number of primary amides is 1. The average molecular weight is 275 g/mol. The molecule has 0 saturated heterocycles. The maximum absolute atomic E-state index is 12.4. The van der Waals surface area contributed by atoms with Crippen LogP contribution in [0.1, 0.15) is 41.8 Å². The summed E-state index contributed by atoms with van der Waals surface area (Å²) in [6.07, 6.45) is 0.963. The lowest BCUT2D eigenvalue weighted by Gasteiger charge is -2.26. The van der Waals surface area contributed by atoms with Crippen LogP contribution in [0.15, 0.2) is 18.2 Å². The number of nitrogens with one attached hydrogen (secondary N) is 2. The van der Waals surface area contributed by atoms with Crippen LogP contribution in [0.3, 0.4) is 0 Å². The number of carbonyl (C=O) groups excluding carboxylic acids is 2. The molecule has 2 rings (SSSR count). The molecule has 0 saturated carbocycles. The quantitative estimate of drug-likeness (QED) is 0.757. The van der Waals surface area contributed by atoms with E-state index < -0.39 is 11.4 Å². The summed E-state index contributed by atoms with van der Waals surface area (Å²) in [4.78, 5) is 23.5. The molecule has 0 radical (unpaired) electrons. The normalized spacial score (nSPS) is 14.5. The smallest absolute Gasteiger partial charge is 0.251 e. The second kappa shape index (κ2) is 5.63. The highest BCUT2D eigenvalue weighted by molar-refractivity contribution is 5.96. The Morgan fingerprint density at radius 2 is 2.15 bits per heavy atom. The molecular formula is C15H21N3O2. The van der Waals surface area contributed by atoms with E-state index in [9.17, 15) is 9.59 Å². The number of hydrogen-bond donors (Lipinski definition) is 3. The van der Waals surface area contributed by atoms with Gasteiger partial charge in [0.15, 0.2) is 0 Å². The van der Waals surface area contributed by atoms with Crippen LogP contribution in [0.25, 0.3) is 0 Å². The molecule has 5 heteroatoms. The van der Waals surface area contributed by atoms with Crippen LogP contribution in [0.2, 0.25) is 0 Å². The molecule has 1 aromatic carbocycles. The lowest BCUT2D eigenvalue weighted by atomic mass is 9.93. The number of fused-ring (bicyclic) bond motifs is 1. The standard InChI is InChI=1S/C15H21N3O2/c1-15(2,8-13(16)19)18-14(20)12-5-3-4-10-9-17-7-6-11(10)12/h3-5,17H,6-9H2,1-2H3,(H2,16,19)(H,18,20). The fourth-order valence-electron chi connectivity index (χ4n) is 2.60. The van der Waals surface area contributed by atoms with Gasteiger partial charge in [-0.1, -0.05) is 12.1 Å². The molecule has 1 aromatic rings. The Morgan fingerprint density at radius 1 is 1.40 bits per heavy atom. The first-order valence-corrected chi connectivity index (χ1v) is 6.81. The Hall–Kier alpha value is -1.88. The summed E-state index contributed by atoms with van der Waals surface area (Å²) in [5.41, 5.74) is 7.52. The molecule has 0 atom stereocenters. The molecule has 0 aromatic heterocycles. The van der Waals surface area contributed by atoms with Crippen molar-refractivity contribution in [1.29, 1.82) is 0 Å². The molecule has 1 aliphatic heterocycles. The van der Waals surface area contributed by atoms with E-state index >= 15 is 0 Å². The van der Waals surface area contributed by atoms with Crippen molar-refractivity contribution in [2.75, 3.05) is 6.54 Å². The topological polar surface area (TPSA) is 84.2 Å². The van der Waals surface area contributed by atoms with Gasteiger partial charge < -0.3 is 16.4 Å². The maximum Gasteiger partial charge on any atom is 0.251 e. The second-order valence-corrected chi connectivity index (χ2v) is 5.85. The van der Waals surface area contributed by atoms with E-state index in [1.165, 1.54) is 0 Å². The lowest BCUT2D eigenvalue weighted by Crippen LogP contribution is -2.46. The summed E-state index contributed by atoms with van der Waals surface area (Å²) < 4.78 is 0. The van der Waals surface area contributed by atoms with Crippen molar-refractivity contribution < 1.29 is 9.59 Å². The van der Waals surface area contributed by atoms with Crippen LogP contribution in [0, 0.1) is 0 Å². The van der Waals surface area contributed by atoms with Crippen LogP contribution in [0.4, 0.5) is 0 Å². The zero-order valence-electron chi connectivity index (χ0n) is 12.0. The molecule has 20 heavy (non-hydrogen) atoms. The SMILES string of the molecule is CC(C)(CC(N)=O)NC(=O)c1cccc2c1CCNC2. The molecule has 0 bridgehead atoms. The van der Waals surface area contributed by atoms with Gasteiger partial charge in [-0.25, -0.2) is 0 Å². The van der Waals surface area contributed by atoms with E-state index in [1.807, 2.05) is 18.2 Å². The third-order valence-corrected chi connectivity index (χ3v) is 3.45. The molecule has 1 aliphatic rings. The summed E-state index contributed by atoms with van der Waals surface area (Å²) in [7, 11) is 0.